The number of benzene rings is 1. The number of nitrogens with zero attached hydrogens (tertiary/aromatic N) is 3. The quantitative estimate of drug-likeness (QED) is 0.790. The number of hydrogen-bond donors (Lipinski definition) is 1. The van der Waals surface area contributed by atoms with Crippen LogP contribution in [0.1, 0.15) is 35.7 Å². The van der Waals surface area contributed by atoms with Gasteiger partial charge in [0.1, 0.15) is 18.4 Å². The molecule has 2 aromatic rings. The topological polar surface area (TPSA) is 93.4 Å². The normalized spacial score (nSPS) is 18.1. The molecule has 0 amide bonds. The number of rotatable bonds is 5. The first-order valence-electron chi connectivity index (χ1n) is 8.98. The maximum absolute atomic E-state index is 15.1. The number of carbonyl (C=O) groups is 1. The molecule has 9 heteroatoms. The van der Waals surface area contributed by atoms with Crippen LogP contribution in [0.2, 0.25) is 0 Å². The number of aromatic nitrogens is 1. The average Bonchev–Trinajstić information content (AvgIpc) is 3.40. The molecule has 1 aliphatic carbocycles. The molecule has 1 aromatic heterocycles. The number of fused-ring (bicyclic) bond motifs is 1. The number of hydrogen-bond acceptors (Lipinski definition) is 6. The van der Waals surface area contributed by atoms with Crippen LogP contribution in [-0.2, 0) is 4.84 Å². The van der Waals surface area contributed by atoms with Crippen molar-refractivity contribution in [2.45, 2.75) is 25.3 Å². The van der Waals surface area contributed by atoms with Crippen molar-refractivity contribution < 1.29 is 23.9 Å². The molecule has 0 bridgehead atoms. The lowest BCUT2D eigenvalue weighted by molar-refractivity contribution is 0.0695. The van der Waals surface area contributed by atoms with Gasteiger partial charge in [0.05, 0.1) is 30.3 Å². The molecule has 1 aromatic carbocycles. The van der Waals surface area contributed by atoms with E-state index in [-0.39, 0.29) is 28.4 Å². The van der Waals surface area contributed by atoms with Crippen LogP contribution < -0.4 is 15.1 Å². The number of anilines is 1. The zero-order chi connectivity index (χ0) is 20.0. The summed E-state index contributed by atoms with van der Waals surface area (Å²) in [6, 6.07) is 1.18. The van der Waals surface area contributed by atoms with E-state index in [1.807, 2.05) is 0 Å². The summed E-state index contributed by atoms with van der Waals surface area (Å²) in [5.74, 6) is -1.73. The van der Waals surface area contributed by atoms with Crippen molar-refractivity contribution in [1.82, 2.24) is 4.57 Å². The Bertz CT molecular complexity index is 1060. The van der Waals surface area contributed by atoms with Crippen LogP contribution in [0, 0.1) is 5.82 Å². The molecule has 8 nitrogen and oxygen atoms in total. The Labute approximate surface area is 159 Å². The van der Waals surface area contributed by atoms with Crippen LogP contribution in [0.5, 0.6) is 5.75 Å². The van der Waals surface area contributed by atoms with Crippen LogP contribution in [0.3, 0.4) is 0 Å². The van der Waals surface area contributed by atoms with Crippen molar-refractivity contribution in [2.24, 2.45) is 5.16 Å². The zero-order valence-corrected chi connectivity index (χ0v) is 15.6. The fraction of sp³-hybridized carbons (Fsp3) is 0.421. The Kier molecular flexibility index (Phi) is 4.44. The van der Waals surface area contributed by atoms with Crippen molar-refractivity contribution in [3.63, 3.8) is 0 Å². The third-order valence-electron chi connectivity index (χ3n) is 5.15. The van der Waals surface area contributed by atoms with Crippen LogP contribution in [0.4, 0.5) is 10.1 Å². The summed E-state index contributed by atoms with van der Waals surface area (Å²) in [6.07, 6.45) is 3.70. The van der Waals surface area contributed by atoms with Crippen LogP contribution in [-0.4, -0.2) is 48.7 Å². The number of oxime groups is 1. The molecule has 0 unspecified atom stereocenters. The molecule has 1 saturated heterocycles. The lowest BCUT2D eigenvalue weighted by Gasteiger charge is -2.24. The van der Waals surface area contributed by atoms with Gasteiger partial charge in [-0.25, -0.2) is 9.18 Å². The first kappa shape index (κ1) is 18.3. The lowest BCUT2D eigenvalue weighted by Crippen LogP contribution is -2.24. The smallest absolute Gasteiger partial charge is 0.341 e. The van der Waals surface area contributed by atoms with Crippen molar-refractivity contribution >= 4 is 28.3 Å². The summed E-state index contributed by atoms with van der Waals surface area (Å²) in [7, 11) is 2.88. The molecule has 1 N–H and O–H groups in total. The number of halogens is 1. The fourth-order valence-electron chi connectivity index (χ4n) is 3.76. The van der Waals surface area contributed by atoms with E-state index in [1.165, 1.54) is 20.4 Å². The van der Waals surface area contributed by atoms with Gasteiger partial charge < -0.3 is 24.1 Å². The molecule has 2 heterocycles. The minimum absolute atomic E-state index is 0.00915. The Morgan fingerprint density at radius 1 is 1.36 bits per heavy atom. The van der Waals surface area contributed by atoms with E-state index in [1.54, 1.807) is 9.47 Å². The second-order valence-corrected chi connectivity index (χ2v) is 6.96. The van der Waals surface area contributed by atoms with Crippen molar-refractivity contribution in [1.29, 1.82) is 0 Å². The maximum Gasteiger partial charge on any atom is 0.341 e. The van der Waals surface area contributed by atoms with Crippen LogP contribution >= 0.6 is 0 Å². The standard InChI is InChI=1S/C19H20FN3O5/c1-27-18-15-12(17(24)13(19(25)26)9-23(15)11-3-4-11)7-14(20)16(18)22-6-5-10(8-22)21-28-2/h7,9,11H,3-6,8H2,1-2H3,(H,25,26). The van der Waals surface area contributed by atoms with Gasteiger partial charge in [-0.05, 0) is 18.9 Å². The third kappa shape index (κ3) is 2.87. The van der Waals surface area contributed by atoms with Crippen molar-refractivity contribution in [3.05, 3.63) is 33.9 Å². The highest BCUT2D eigenvalue weighted by atomic mass is 19.1. The van der Waals surface area contributed by atoms with Gasteiger partial charge in [0, 0.05) is 25.2 Å². The van der Waals surface area contributed by atoms with Gasteiger partial charge in [0.15, 0.2) is 11.6 Å². The number of pyridine rings is 1. The lowest BCUT2D eigenvalue weighted by atomic mass is 10.1. The number of ether oxygens (including phenoxy) is 1. The molecule has 1 saturated carbocycles. The minimum atomic E-state index is -1.33. The SMILES string of the molecule is CON=C1CCN(c2c(F)cc3c(=O)c(C(=O)O)cn(C4CC4)c3c2OC)C1. The van der Waals surface area contributed by atoms with E-state index in [2.05, 4.69) is 5.16 Å². The predicted molar refractivity (Wildman–Crippen MR) is 101 cm³/mol. The molecular formula is C19H20FN3O5. The summed E-state index contributed by atoms with van der Waals surface area (Å²) in [5, 5.41) is 13.3. The number of methoxy groups -OCH3 is 1. The predicted octanol–water partition coefficient (Wildman–Crippen LogP) is 2.39. The van der Waals surface area contributed by atoms with Gasteiger partial charge in [-0.2, -0.15) is 0 Å². The second-order valence-electron chi connectivity index (χ2n) is 6.96. The van der Waals surface area contributed by atoms with Crippen LogP contribution in [0.25, 0.3) is 10.9 Å². The molecule has 28 heavy (non-hydrogen) atoms. The fourth-order valence-corrected chi connectivity index (χ4v) is 3.76. The van der Waals surface area contributed by atoms with E-state index >= 15 is 4.39 Å². The largest absolute Gasteiger partial charge is 0.492 e. The molecule has 1 aliphatic heterocycles. The number of aromatic carboxylic acids is 1. The second kappa shape index (κ2) is 6.81. The molecule has 2 aliphatic rings. The summed E-state index contributed by atoms with van der Waals surface area (Å²) in [4.78, 5) is 30.8. The summed E-state index contributed by atoms with van der Waals surface area (Å²) in [5.41, 5.74) is 0.363. The van der Waals surface area contributed by atoms with Gasteiger partial charge in [0.25, 0.3) is 0 Å². The molecule has 148 valence electrons. The zero-order valence-electron chi connectivity index (χ0n) is 15.6. The van der Waals surface area contributed by atoms with Crippen molar-refractivity contribution in [3.8, 4) is 5.75 Å². The van der Waals surface area contributed by atoms with Crippen LogP contribution in [0.15, 0.2) is 22.2 Å². The molecule has 0 atom stereocenters. The van der Waals surface area contributed by atoms with E-state index in [0.29, 0.717) is 25.0 Å². The Morgan fingerprint density at radius 2 is 2.11 bits per heavy atom. The highest BCUT2D eigenvalue weighted by molar-refractivity contribution is 5.99. The maximum atomic E-state index is 15.1. The highest BCUT2D eigenvalue weighted by Gasteiger charge is 2.32. The summed E-state index contributed by atoms with van der Waals surface area (Å²) in [6.45, 7) is 0.912. The average molecular weight is 389 g/mol. The van der Waals surface area contributed by atoms with E-state index in [4.69, 9.17) is 9.57 Å². The third-order valence-corrected chi connectivity index (χ3v) is 5.15. The number of carboxylic acids is 1. The molecular weight excluding hydrogens is 369 g/mol. The van der Waals surface area contributed by atoms with E-state index < -0.39 is 17.2 Å². The molecule has 0 spiro atoms. The minimum Gasteiger partial charge on any atom is -0.492 e. The van der Waals surface area contributed by atoms with Crippen molar-refractivity contribution in [2.75, 3.05) is 32.2 Å². The molecule has 4 rings (SSSR count). The number of carboxylic acid groups (broad SMARTS) is 1. The Hall–Kier alpha value is -3.10. The summed E-state index contributed by atoms with van der Waals surface area (Å²) >= 11 is 0. The van der Waals surface area contributed by atoms with Gasteiger partial charge in [-0.15, -0.1) is 0 Å². The summed E-state index contributed by atoms with van der Waals surface area (Å²) < 4.78 is 22.4. The van der Waals surface area contributed by atoms with Gasteiger partial charge >= 0.3 is 5.97 Å². The van der Waals surface area contributed by atoms with Gasteiger partial charge in [-0.1, -0.05) is 5.16 Å². The van der Waals surface area contributed by atoms with Gasteiger partial charge in [-0.3, -0.25) is 4.79 Å². The molecule has 0 radical (unpaired) electrons. The first-order chi connectivity index (χ1) is 13.5. The Balaban J connectivity index is 1.99. The highest BCUT2D eigenvalue weighted by Crippen LogP contribution is 2.44. The van der Waals surface area contributed by atoms with E-state index in [9.17, 15) is 14.7 Å². The Morgan fingerprint density at radius 3 is 2.71 bits per heavy atom. The monoisotopic (exact) mass is 389 g/mol. The molecule has 2 fully saturated rings. The van der Waals surface area contributed by atoms with E-state index in [0.717, 1.165) is 24.6 Å². The van der Waals surface area contributed by atoms with Gasteiger partial charge in [0.2, 0.25) is 5.43 Å². The first-order valence-corrected chi connectivity index (χ1v) is 8.98.